The Morgan fingerprint density at radius 3 is 2.00 bits per heavy atom. The number of benzene rings is 3. The number of aromatic carboxylic acids is 1. The molecular formula is C21H17N2O4-. The standard InChI is InChI=1S/C21H18N2O4/c1-27-19-13-7-6-12-18(19)22-16-10-4-2-8-14(16)20(24)23-17-11-5-3-9-15(17)21(25)26/h2-13,22H,1H3,(H,23,24)(H,25,26)/p-1. The number of hydrogen-bond acceptors (Lipinski definition) is 5. The number of rotatable bonds is 6. The fraction of sp³-hybridized carbons (Fsp3) is 0.0476. The molecule has 0 aliphatic heterocycles. The van der Waals surface area contributed by atoms with E-state index >= 15 is 0 Å². The topological polar surface area (TPSA) is 90.5 Å². The van der Waals surface area contributed by atoms with E-state index in [1.165, 1.54) is 12.1 Å². The number of carbonyl (C=O) groups excluding carboxylic acids is 2. The lowest BCUT2D eigenvalue weighted by Gasteiger charge is -2.16. The predicted molar refractivity (Wildman–Crippen MR) is 101 cm³/mol. The van der Waals surface area contributed by atoms with Gasteiger partial charge in [0.1, 0.15) is 5.75 Å². The van der Waals surface area contributed by atoms with Gasteiger partial charge in [0.2, 0.25) is 0 Å². The monoisotopic (exact) mass is 361 g/mol. The molecule has 0 bridgehead atoms. The number of nitrogens with one attached hydrogen (secondary N) is 2. The van der Waals surface area contributed by atoms with E-state index in [9.17, 15) is 14.7 Å². The Hall–Kier alpha value is -3.80. The van der Waals surface area contributed by atoms with E-state index < -0.39 is 11.9 Å². The smallest absolute Gasteiger partial charge is 0.257 e. The van der Waals surface area contributed by atoms with Gasteiger partial charge in [-0.05, 0) is 30.3 Å². The molecule has 6 nitrogen and oxygen atoms in total. The van der Waals surface area contributed by atoms with Crippen LogP contribution in [-0.4, -0.2) is 19.0 Å². The second-order valence-corrected chi connectivity index (χ2v) is 5.66. The number of anilines is 3. The summed E-state index contributed by atoms with van der Waals surface area (Å²) >= 11 is 0. The van der Waals surface area contributed by atoms with Gasteiger partial charge in [0.25, 0.3) is 5.91 Å². The molecule has 6 heteroatoms. The summed E-state index contributed by atoms with van der Waals surface area (Å²) in [5.41, 5.74) is 1.72. The summed E-state index contributed by atoms with van der Waals surface area (Å²) in [7, 11) is 1.57. The van der Waals surface area contributed by atoms with Crippen molar-refractivity contribution in [3.05, 3.63) is 83.9 Å². The van der Waals surface area contributed by atoms with Crippen LogP contribution in [0.4, 0.5) is 17.1 Å². The summed E-state index contributed by atoms with van der Waals surface area (Å²) in [5, 5.41) is 17.0. The number of hydrogen-bond donors (Lipinski definition) is 2. The van der Waals surface area contributed by atoms with E-state index in [4.69, 9.17) is 4.74 Å². The maximum atomic E-state index is 12.8. The van der Waals surface area contributed by atoms with Gasteiger partial charge in [0.15, 0.2) is 0 Å². The van der Waals surface area contributed by atoms with Crippen molar-refractivity contribution in [2.75, 3.05) is 17.7 Å². The number of para-hydroxylation sites is 4. The van der Waals surface area contributed by atoms with E-state index in [0.717, 1.165) is 0 Å². The molecule has 3 rings (SSSR count). The van der Waals surface area contributed by atoms with Crippen molar-refractivity contribution in [3.8, 4) is 5.75 Å². The summed E-state index contributed by atoms with van der Waals surface area (Å²) < 4.78 is 5.32. The van der Waals surface area contributed by atoms with Gasteiger partial charge < -0.3 is 25.3 Å². The van der Waals surface area contributed by atoms with Gasteiger partial charge in [0.05, 0.1) is 35.7 Å². The third kappa shape index (κ3) is 4.07. The third-order valence-electron chi connectivity index (χ3n) is 3.94. The van der Waals surface area contributed by atoms with E-state index in [1.54, 1.807) is 49.6 Å². The van der Waals surface area contributed by atoms with Crippen molar-refractivity contribution in [3.63, 3.8) is 0 Å². The first-order valence-corrected chi connectivity index (χ1v) is 8.21. The SMILES string of the molecule is COc1ccccc1Nc1ccccc1C(=O)Nc1ccccc1C(=O)[O-]. The summed E-state index contributed by atoms with van der Waals surface area (Å²) in [6, 6.07) is 20.4. The maximum Gasteiger partial charge on any atom is 0.257 e. The third-order valence-corrected chi connectivity index (χ3v) is 3.94. The van der Waals surface area contributed by atoms with Crippen molar-refractivity contribution in [1.82, 2.24) is 0 Å². The van der Waals surface area contributed by atoms with Crippen LogP contribution in [0.1, 0.15) is 20.7 Å². The Morgan fingerprint density at radius 2 is 1.33 bits per heavy atom. The number of amides is 1. The van der Waals surface area contributed by atoms with Gasteiger partial charge in [-0.15, -0.1) is 0 Å². The summed E-state index contributed by atoms with van der Waals surface area (Å²) in [4.78, 5) is 24.0. The second-order valence-electron chi connectivity index (χ2n) is 5.66. The van der Waals surface area contributed by atoms with Crippen LogP contribution in [0.5, 0.6) is 5.75 Å². The van der Waals surface area contributed by atoms with Gasteiger partial charge in [-0.2, -0.15) is 0 Å². The number of ether oxygens (including phenoxy) is 1. The van der Waals surface area contributed by atoms with Gasteiger partial charge in [-0.1, -0.05) is 42.5 Å². The van der Waals surface area contributed by atoms with Gasteiger partial charge in [0, 0.05) is 5.56 Å². The van der Waals surface area contributed by atoms with Crippen molar-refractivity contribution < 1.29 is 19.4 Å². The summed E-state index contributed by atoms with van der Waals surface area (Å²) in [5.74, 6) is -1.16. The van der Waals surface area contributed by atoms with Gasteiger partial charge in [-0.25, -0.2) is 0 Å². The van der Waals surface area contributed by atoms with Crippen LogP contribution >= 0.6 is 0 Å². The fourth-order valence-corrected chi connectivity index (χ4v) is 2.64. The fourth-order valence-electron chi connectivity index (χ4n) is 2.64. The van der Waals surface area contributed by atoms with E-state index in [1.807, 2.05) is 18.2 Å². The Kier molecular flexibility index (Phi) is 5.37. The first kappa shape index (κ1) is 18.0. The lowest BCUT2D eigenvalue weighted by atomic mass is 10.1. The molecule has 0 heterocycles. The molecule has 0 unspecified atom stereocenters. The first-order valence-electron chi connectivity index (χ1n) is 8.21. The van der Waals surface area contributed by atoms with E-state index in [0.29, 0.717) is 22.7 Å². The molecule has 0 saturated carbocycles. The first-order chi connectivity index (χ1) is 13.1. The lowest BCUT2D eigenvalue weighted by molar-refractivity contribution is -0.254. The zero-order valence-electron chi connectivity index (χ0n) is 14.6. The quantitative estimate of drug-likeness (QED) is 0.704. The van der Waals surface area contributed by atoms with Crippen molar-refractivity contribution in [1.29, 1.82) is 0 Å². The Balaban J connectivity index is 1.90. The molecule has 0 saturated heterocycles. The van der Waals surface area contributed by atoms with Crippen LogP contribution in [0.3, 0.4) is 0 Å². The average Bonchev–Trinajstić information content (AvgIpc) is 2.69. The number of carboxylic acids is 1. The highest BCUT2D eigenvalue weighted by molar-refractivity contribution is 6.10. The minimum absolute atomic E-state index is 0.0824. The number of carbonyl (C=O) groups is 2. The Labute approximate surface area is 156 Å². The van der Waals surface area contributed by atoms with Crippen LogP contribution in [0.15, 0.2) is 72.8 Å². The van der Waals surface area contributed by atoms with E-state index in [2.05, 4.69) is 10.6 Å². The van der Waals surface area contributed by atoms with Crippen molar-refractivity contribution in [2.45, 2.75) is 0 Å². The van der Waals surface area contributed by atoms with Crippen LogP contribution in [0.25, 0.3) is 0 Å². The molecule has 0 radical (unpaired) electrons. The van der Waals surface area contributed by atoms with Crippen LogP contribution < -0.4 is 20.5 Å². The largest absolute Gasteiger partial charge is 0.545 e. The maximum absolute atomic E-state index is 12.8. The molecule has 1 amide bonds. The minimum atomic E-state index is -1.36. The Bertz CT molecular complexity index is 985. The number of methoxy groups -OCH3 is 1. The predicted octanol–water partition coefficient (Wildman–Crippen LogP) is 3.05. The normalized spacial score (nSPS) is 10.1. The lowest BCUT2D eigenvalue weighted by Crippen LogP contribution is -2.25. The molecule has 0 aromatic heterocycles. The molecular weight excluding hydrogens is 344 g/mol. The molecule has 2 N–H and O–H groups in total. The highest BCUT2D eigenvalue weighted by atomic mass is 16.5. The van der Waals surface area contributed by atoms with Gasteiger partial charge in [-0.3, -0.25) is 4.79 Å². The summed E-state index contributed by atoms with van der Waals surface area (Å²) in [6.45, 7) is 0. The van der Waals surface area contributed by atoms with Crippen molar-refractivity contribution in [2.24, 2.45) is 0 Å². The molecule has 3 aromatic rings. The molecule has 0 fully saturated rings. The zero-order valence-corrected chi connectivity index (χ0v) is 14.6. The highest BCUT2D eigenvalue weighted by Gasteiger charge is 2.14. The highest BCUT2D eigenvalue weighted by Crippen LogP contribution is 2.29. The second kappa shape index (κ2) is 8.05. The molecule has 0 aliphatic carbocycles. The van der Waals surface area contributed by atoms with E-state index in [-0.39, 0.29) is 11.3 Å². The number of carboxylic acid groups (broad SMARTS) is 1. The van der Waals surface area contributed by atoms with Gasteiger partial charge >= 0.3 is 0 Å². The van der Waals surface area contributed by atoms with Crippen LogP contribution in [-0.2, 0) is 0 Å². The molecule has 0 aliphatic rings. The Morgan fingerprint density at radius 1 is 0.778 bits per heavy atom. The minimum Gasteiger partial charge on any atom is -0.545 e. The molecule has 27 heavy (non-hydrogen) atoms. The average molecular weight is 361 g/mol. The molecule has 136 valence electrons. The summed E-state index contributed by atoms with van der Waals surface area (Å²) in [6.07, 6.45) is 0. The zero-order chi connectivity index (χ0) is 19.2. The molecule has 0 spiro atoms. The van der Waals surface area contributed by atoms with Crippen LogP contribution in [0.2, 0.25) is 0 Å². The molecule has 3 aromatic carbocycles. The molecule has 0 atom stereocenters. The van der Waals surface area contributed by atoms with Crippen molar-refractivity contribution >= 4 is 28.9 Å². The van der Waals surface area contributed by atoms with Crippen LogP contribution in [0, 0.1) is 0 Å².